The first-order valence-electron chi connectivity index (χ1n) is 30.5. The fourth-order valence-corrected chi connectivity index (χ4v) is 14.8. The third kappa shape index (κ3) is 7.88. The Balaban J connectivity index is 0.765. The zero-order valence-electron chi connectivity index (χ0n) is 49.4. The van der Waals surface area contributed by atoms with Crippen LogP contribution in [0.15, 0.2) is 291 Å². The van der Waals surface area contributed by atoms with Gasteiger partial charge in [-0.15, -0.1) is 0 Å². The Kier molecular flexibility index (Phi) is 11.5. The van der Waals surface area contributed by atoms with E-state index in [1.807, 2.05) is 0 Å². The predicted octanol–water partition coefficient (Wildman–Crippen LogP) is 21.6. The van der Waals surface area contributed by atoms with Gasteiger partial charge in [0.05, 0.1) is 33.5 Å². The van der Waals surface area contributed by atoms with Gasteiger partial charge in [-0.05, 0) is 166 Å². The molecule has 0 aliphatic heterocycles. The number of hydrogen-bond donors (Lipinski definition) is 0. The summed E-state index contributed by atoms with van der Waals surface area (Å²) in [4.78, 5) is 15.0. The van der Waals surface area contributed by atoms with Gasteiger partial charge in [0.25, 0.3) is 0 Å². The Hall–Kier alpha value is -11.1. The van der Waals surface area contributed by atoms with E-state index in [4.69, 9.17) is 9.97 Å². The van der Waals surface area contributed by atoms with E-state index in [0.717, 1.165) is 79.0 Å². The molecule has 0 radical (unpaired) electrons. The van der Waals surface area contributed by atoms with Crippen LogP contribution in [0.25, 0.3) is 99.8 Å². The summed E-state index contributed by atoms with van der Waals surface area (Å²) in [6, 6.07) is 102. The van der Waals surface area contributed by atoms with E-state index < -0.39 is 0 Å². The number of anilines is 6. The highest BCUT2D eigenvalue weighted by Gasteiger charge is 2.37. The Labute approximate surface area is 512 Å². The van der Waals surface area contributed by atoms with Crippen LogP contribution in [0, 0.1) is 0 Å². The topological polar surface area (TPSA) is 42.1 Å². The maximum atomic E-state index is 5.09. The van der Waals surface area contributed by atoms with E-state index in [9.17, 15) is 0 Å². The molecule has 0 fully saturated rings. The highest BCUT2D eigenvalue weighted by molar-refractivity contribution is 6.12. The molecule has 2 aliphatic carbocycles. The Morgan fingerprint density at radius 3 is 1.03 bits per heavy atom. The second kappa shape index (κ2) is 19.7. The Morgan fingerprint density at radius 2 is 0.602 bits per heavy atom. The zero-order valence-corrected chi connectivity index (χ0v) is 49.4. The van der Waals surface area contributed by atoms with Crippen molar-refractivity contribution in [3.63, 3.8) is 0 Å². The molecule has 0 amide bonds. The summed E-state index contributed by atoms with van der Waals surface area (Å²) in [6.45, 7) is 9.42. The molecule has 15 aromatic rings. The molecule has 3 heterocycles. The lowest BCUT2D eigenvalue weighted by molar-refractivity contribution is 0.660. The average molecular weight is 1130 g/mol. The Morgan fingerprint density at radius 1 is 0.273 bits per heavy atom. The van der Waals surface area contributed by atoms with Crippen molar-refractivity contribution in [3.05, 3.63) is 314 Å². The predicted molar refractivity (Wildman–Crippen MR) is 366 cm³/mol. The first-order valence-corrected chi connectivity index (χ1v) is 30.5. The van der Waals surface area contributed by atoms with Gasteiger partial charge < -0.3 is 18.9 Å². The summed E-state index contributed by atoms with van der Waals surface area (Å²) in [5.74, 6) is 0. The molecule has 6 heteroatoms. The van der Waals surface area contributed by atoms with Crippen molar-refractivity contribution in [2.75, 3.05) is 9.80 Å². The molecule has 17 rings (SSSR count). The molecule has 3 aromatic heterocycles. The van der Waals surface area contributed by atoms with E-state index in [1.54, 1.807) is 12.4 Å². The second-order valence-electron chi connectivity index (χ2n) is 24.6. The number of benzene rings is 12. The minimum Gasteiger partial charge on any atom is -0.310 e. The summed E-state index contributed by atoms with van der Waals surface area (Å²) < 4.78 is 4.76. The highest BCUT2D eigenvalue weighted by Crippen LogP contribution is 2.53. The van der Waals surface area contributed by atoms with Gasteiger partial charge in [0.2, 0.25) is 0 Å². The van der Waals surface area contributed by atoms with Crippen molar-refractivity contribution in [1.29, 1.82) is 0 Å². The standard InChI is InChI=1S/C82H60N6/c1-81(2)71-27-15-11-23-63(71)65-43-39-61(51-73(65)81)85(59-41-45-77-69(49-59)67-25-13-17-29-75(67)87(77)55-19-7-5-8-20-55)57-35-31-53(32-36-57)79-80(84-48-47-83-79)54-33-37-58(38-34-54)86(62-40-44-66-64-24-12-16-28-72(64)82(3,4)74(66)52-62)60-42-46-78-70(50-60)68-26-14-18-30-76(68)88(78)56-21-9-6-10-22-56/h5-52H,1-4H3. The van der Waals surface area contributed by atoms with Crippen LogP contribution in [0.4, 0.5) is 34.1 Å². The number of rotatable bonds is 10. The first kappa shape index (κ1) is 51.3. The minimum atomic E-state index is -0.171. The molecular formula is C82H60N6. The maximum Gasteiger partial charge on any atom is 0.0965 e. The average Bonchev–Trinajstić information content (AvgIpc) is 1.69. The molecule has 6 nitrogen and oxygen atoms in total. The van der Waals surface area contributed by atoms with Gasteiger partial charge >= 0.3 is 0 Å². The minimum absolute atomic E-state index is 0.171. The molecule has 2 aliphatic rings. The van der Waals surface area contributed by atoms with Crippen LogP contribution in [0.5, 0.6) is 0 Å². The van der Waals surface area contributed by atoms with Crippen molar-refractivity contribution >= 4 is 77.7 Å². The molecule has 0 saturated heterocycles. The zero-order chi connectivity index (χ0) is 58.8. The summed E-state index contributed by atoms with van der Waals surface area (Å²) in [5, 5.41) is 4.81. The molecule has 0 N–H and O–H groups in total. The van der Waals surface area contributed by atoms with Crippen molar-refractivity contribution in [2.45, 2.75) is 38.5 Å². The van der Waals surface area contributed by atoms with Gasteiger partial charge in [0.15, 0.2) is 0 Å². The largest absolute Gasteiger partial charge is 0.310 e. The lowest BCUT2D eigenvalue weighted by atomic mass is 9.82. The smallest absolute Gasteiger partial charge is 0.0965 e. The van der Waals surface area contributed by atoms with E-state index >= 15 is 0 Å². The van der Waals surface area contributed by atoms with Crippen LogP contribution >= 0.6 is 0 Å². The second-order valence-corrected chi connectivity index (χ2v) is 24.6. The number of nitrogens with zero attached hydrogens (tertiary/aromatic N) is 6. The molecule has 88 heavy (non-hydrogen) atoms. The van der Waals surface area contributed by atoms with Gasteiger partial charge in [-0.2, -0.15) is 0 Å². The van der Waals surface area contributed by atoms with Crippen LogP contribution in [0.1, 0.15) is 49.9 Å². The van der Waals surface area contributed by atoms with Crippen LogP contribution in [0.3, 0.4) is 0 Å². The fraction of sp³-hybridized carbons (Fsp3) is 0.0732. The van der Waals surface area contributed by atoms with E-state index in [0.29, 0.717) is 0 Å². The van der Waals surface area contributed by atoms with Crippen LogP contribution < -0.4 is 9.80 Å². The number of aromatic nitrogens is 4. The van der Waals surface area contributed by atoms with Gasteiger partial charge in [-0.3, -0.25) is 9.97 Å². The van der Waals surface area contributed by atoms with E-state index in [2.05, 4.69) is 326 Å². The van der Waals surface area contributed by atoms with E-state index in [-0.39, 0.29) is 10.8 Å². The molecule has 12 aromatic carbocycles. The monoisotopic (exact) mass is 1130 g/mol. The molecule has 0 bridgehead atoms. The number of hydrogen-bond acceptors (Lipinski definition) is 4. The fourth-order valence-electron chi connectivity index (χ4n) is 14.8. The van der Waals surface area contributed by atoms with Crippen LogP contribution in [0.2, 0.25) is 0 Å². The third-order valence-electron chi connectivity index (χ3n) is 19.0. The van der Waals surface area contributed by atoms with Gasteiger partial charge in [0, 0.05) is 101 Å². The quantitative estimate of drug-likeness (QED) is 0.137. The highest BCUT2D eigenvalue weighted by atomic mass is 15.2. The van der Waals surface area contributed by atoms with Crippen molar-refractivity contribution in [2.24, 2.45) is 0 Å². The molecule has 0 unspecified atom stereocenters. The lowest BCUT2D eigenvalue weighted by Gasteiger charge is -2.28. The summed E-state index contributed by atoms with van der Waals surface area (Å²) >= 11 is 0. The number of para-hydroxylation sites is 4. The van der Waals surface area contributed by atoms with Crippen molar-refractivity contribution in [1.82, 2.24) is 19.1 Å². The molecule has 418 valence electrons. The summed E-state index contributed by atoms with van der Waals surface area (Å²) in [6.07, 6.45) is 3.61. The van der Waals surface area contributed by atoms with Crippen LogP contribution in [-0.4, -0.2) is 19.1 Å². The lowest BCUT2D eigenvalue weighted by Crippen LogP contribution is -2.16. The van der Waals surface area contributed by atoms with Crippen LogP contribution in [-0.2, 0) is 10.8 Å². The maximum absolute atomic E-state index is 5.09. The molecular weight excluding hydrogens is 1070 g/mol. The van der Waals surface area contributed by atoms with Crippen molar-refractivity contribution in [3.8, 4) is 56.1 Å². The van der Waals surface area contributed by atoms with Gasteiger partial charge in [-0.1, -0.05) is 185 Å². The molecule has 0 saturated carbocycles. The van der Waals surface area contributed by atoms with Gasteiger partial charge in [-0.25, -0.2) is 0 Å². The van der Waals surface area contributed by atoms with Gasteiger partial charge in [0.1, 0.15) is 0 Å². The molecule has 0 atom stereocenters. The SMILES string of the molecule is CC1(C)c2ccccc2-c2ccc(N(c3ccc(-c4nccnc4-c4ccc(N(c5ccc6c(c5)C(C)(C)c5ccccc5-6)c5ccc6c(c5)c5ccccc5n6-c5ccccc5)cc4)cc3)c3ccc4c(c3)c3ccccc3n4-c3ccccc3)cc21. The van der Waals surface area contributed by atoms with E-state index in [1.165, 1.54) is 77.1 Å². The summed E-state index contributed by atoms with van der Waals surface area (Å²) in [7, 11) is 0. The number of fused-ring (bicyclic) bond motifs is 12. The normalized spacial score (nSPS) is 13.4. The Bertz CT molecular complexity index is 4930. The summed E-state index contributed by atoms with van der Waals surface area (Å²) in [5.41, 5.74) is 27.2. The third-order valence-corrected chi connectivity index (χ3v) is 19.0. The first-order chi connectivity index (χ1) is 43.2. The van der Waals surface area contributed by atoms with Crippen molar-refractivity contribution < 1.29 is 0 Å². The molecule has 0 spiro atoms.